The Kier molecular flexibility index (Phi) is 12.3. The first-order valence-corrected chi connectivity index (χ1v) is 37.7. The minimum atomic E-state index is 0.0209. The molecule has 1 aliphatic rings. The van der Waals surface area contributed by atoms with Crippen molar-refractivity contribution in [2.24, 2.45) is 0 Å². The van der Waals surface area contributed by atoms with Crippen LogP contribution in [0.4, 0.5) is 0 Å². The van der Waals surface area contributed by atoms with Crippen LogP contribution in [0.1, 0.15) is 25.0 Å². The van der Waals surface area contributed by atoms with Crippen molar-refractivity contribution >= 4 is 213 Å². The molecule has 8 heteroatoms. The Labute approximate surface area is 594 Å². The van der Waals surface area contributed by atoms with Gasteiger partial charge in [0, 0.05) is 146 Å². The van der Waals surface area contributed by atoms with E-state index in [2.05, 4.69) is 325 Å². The maximum absolute atomic E-state index is 6.09. The van der Waals surface area contributed by atoms with Crippen LogP contribution in [0.5, 0.6) is 0 Å². The van der Waals surface area contributed by atoms with E-state index in [9.17, 15) is 0 Å². The van der Waals surface area contributed by atoms with Gasteiger partial charge in [-0.1, -0.05) is 190 Å². The molecule has 0 unspecified atom stereocenters. The summed E-state index contributed by atoms with van der Waals surface area (Å²) in [6.07, 6.45) is 0. The summed E-state index contributed by atoms with van der Waals surface area (Å²) in [5.74, 6) is 0. The monoisotopic (exact) mass is 1360 g/mol. The zero-order chi connectivity index (χ0) is 66.3. The number of benzene rings is 15. The van der Waals surface area contributed by atoms with Crippen molar-refractivity contribution in [3.8, 4) is 28.2 Å². The normalized spacial score (nSPS) is 12.9. The Morgan fingerprint density at radius 1 is 0.218 bits per heavy atom. The standard InChI is InChI=1S/C33H23NS.C30H17NOS.C30H17NS2/c1-33(2)27-12-6-3-9-21(27)24-17-20(15-16-28(24)33)34-29-13-7-4-10-22(29)25-19-32-26(18-30(25)34)23-11-5-8-14-31(23)35-32;1-4-10-25-19(7-1)22-17-30-24(21-9-3-6-12-29(21)33-30)16-26(22)31(25)18-13-14-28-23(15-18)20-8-2-5-11-27(20)32-28;1-4-10-25-19(7-1)22-17-30-24(21-9-3-6-12-28(21)33-30)16-26(22)31(25)18-13-14-29-23(15-18)20-8-2-5-11-27(20)32-29/h3-19H,1-2H3;2*1-17H. The van der Waals surface area contributed by atoms with Gasteiger partial charge >= 0.3 is 0 Å². The molecule has 0 bridgehead atoms. The third kappa shape index (κ3) is 8.51. The van der Waals surface area contributed by atoms with Gasteiger partial charge in [-0.3, -0.25) is 0 Å². The summed E-state index contributed by atoms with van der Waals surface area (Å²) in [6.45, 7) is 4.69. The molecule has 24 rings (SSSR count). The summed E-state index contributed by atoms with van der Waals surface area (Å²) in [6, 6.07) is 113. The van der Waals surface area contributed by atoms with E-state index in [1.165, 1.54) is 180 Å². The van der Waals surface area contributed by atoms with Crippen molar-refractivity contribution in [3.63, 3.8) is 0 Å². The number of para-hydroxylation sites is 4. The molecule has 8 heterocycles. The summed E-state index contributed by atoms with van der Waals surface area (Å²) in [4.78, 5) is 0. The highest BCUT2D eigenvalue weighted by molar-refractivity contribution is 7.27. The predicted octanol–water partition coefficient (Wildman–Crippen LogP) is 28.0. The molecule has 23 aromatic rings. The van der Waals surface area contributed by atoms with Gasteiger partial charge in [0.05, 0.1) is 33.1 Å². The molecule has 15 aromatic carbocycles. The van der Waals surface area contributed by atoms with E-state index < -0.39 is 0 Å². The van der Waals surface area contributed by atoms with E-state index in [1.54, 1.807) is 0 Å². The van der Waals surface area contributed by atoms with E-state index in [0.717, 1.165) is 27.6 Å². The first-order chi connectivity index (χ1) is 49.8. The smallest absolute Gasteiger partial charge is 0.135 e. The Balaban J connectivity index is 0.0000000962. The third-order valence-corrected chi connectivity index (χ3v) is 26.1. The SMILES string of the molecule is CC1(C)c2ccccc2-c2cc(-n3c4ccccc4c4cc5sc6ccccc6c5cc43)ccc21.c1ccc2c(c1)oc1ccc(-n3c4ccccc4c4cc5sc6ccccc6c5cc43)cc12.c1ccc2c(c1)sc1ccc(-n3c4ccccc4c4cc5sc6ccccc6c5cc43)cc12. The van der Waals surface area contributed by atoms with Gasteiger partial charge in [0.1, 0.15) is 11.2 Å². The van der Waals surface area contributed by atoms with Gasteiger partial charge in [0.15, 0.2) is 0 Å². The summed E-state index contributed by atoms with van der Waals surface area (Å²) in [5, 5.41) is 20.8. The van der Waals surface area contributed by atoms with Crippen LogP contribution in [0.25, 0.3) is 196 Å². The molecule has 0 fully saturated rings. The molecule has 0 N–H and O–H groups in total. The van der Waals surface area contributed by atoms with Crippen LogP contribution >= 0.6 is 45.3 Å². The number of nitrogens with zero attached hydrogens (tertiary/aromatic N) is 3. The molecule has 0 amide bonds. The fraction of sp³-hybridized carbons (Fsp3) is 0.0323. The maximum Gasteiger partial charge on any atom is 0.135 e. The average Bonchev–Trinajstić information content (AvgIpc) is 1.57. The van der Waals surface area contributed by atoms with Crippen LogP contribution in [0.15, 0.2) is 314 Å². The number of hydrogen-bond acceptors (Lipinski definition) is 5. The highest BCUT2D eigenvalue weighted by atomic mass is 32.1. The van der Waals surface area contributed by atoms with Crippen molar-refractivity contribution in [1.82, 2.24) is 13.7 Å². The van der Waals surface area contributed by atoms with Gasteiger partial charge in [-0.25, -0.2) is 0 Å². The van der Waals surface area contributed by atoms with Gasteiger partial charge in [0.2, 0.25) is 0 Å². The molecule has 1 aliphatic carbocycles. The van der Waals surface area contributed by atoms with Crippen molar-refractivity contribution in [1.29, 1.82) is 0 Å². The molecule has 0 aliphatic heterocycles. The van der Waals surface area contributed by atoms with Crippen molar-refractivity contribution in [3.05, 3.63) is 321 Å². The minimum absolute atomic E-state index is 0.0209. The lowest BCUT2D eigenvalue weighted by molar-refractivity contribution is 0.660. The molecule has 101 heavy (non-hydrogen) atoms. The predicted molar refractivity (Wildman–Crippen MR) is 439 cm³/mol. The summed E-state index contributed by atoms with van der Waals surface area (Å²) >= 11 is 7.52. The van der Waals surface area contributed by atoms with E-state index in [0.29, 0.717) is 0 Å². The van der Waals surface area contributed by atoms with E-state index in [4.69, 9.17) is 4.42 Å². The van der Waals surface area contributed by atoms with Gasteiger partial charge in [0.25, 0.3) is 0 Å². The molecule has 0 radical (unpaired) electrons. The quantitative estimate of drug-likeness (QED) is 0.173. The van der Waals surface area contributed by atoms with Crippen LogP contribution in [0.3, 0.4) is 0 Å². The molecule has 0 spiro atoms. The van der Waals surface area contributed by atoms with Gasteiger partial charge in [-0.2, -0.15) is 0 Å². The van der Waals surface area contributed by atoms with E-state index in [-0.39, 0.29) is 5.41 Å². The number of fused-ring (bicyclic) bond motifs is 27. The second-order valence-corrected chi connectivity index (χ2v) is 31.7. The minimum Gasteiger partial charge on any atom is -0.456 e. The molecule has 8 aromatic heterocycles. The first kappa shape index (κ1) is 57.3. The first-order valence-electron chi connectivity index (χ1n) is 34.4. The largest absolute Gasteiger partial charge is 0.456 e. The molecular weight excluding hydrogens is 1300 g/mol. The van der Waals surface area contributed by atoms with Crippen molar-refractivity contribution < 1.29 is 4.42 Å². The van der Waals surface area contributed by atoms with Crippen LogP contribution in [0.2, 0.25) is 0 Å². The number of rotatable bonds is 3. The summed E-state index contributed by atoms with van der Waals surface area (Å²) < 4.78 is 24.2. The molecule has 0 saturated carbocycles. The highest BCUT2D eigenvalue weighted by Crippen LogP contribution is 2.51. The second-order valence-electron chi connectivity index (χ2n) is 27.4. The van der Waals surface area contributed by atoms with E-state index in [1.807, 2.05) is 57.5 Å². The van der Waals surface area contributed by atoms with Gasteiger partial charge in [-0.05, 0) is 156 Å². The van der Waals surface area contributed by atoms with E-state index >= 15 is 0 Å². The maximum atomic E-state index is 6.09. The van der Waals surface area contributed by atoms with Crippen molar-refractivity contribution in [2.45, 2.75) is 19.3 Å². The summed E-state index contributed by atoms with van der Waals surface area (Å²) in [7, 11) is 0. The second kappa shape index (κ2) is 21.7. The Bertz CT molecular complexity index is 7160. The van der Waals surface area contributed by atoms with Crippen LogP contribution in [-0.2, 0) is 5.41 Å². The Hall–Kier alpha value is -11.6. The van der Waals surface area contributed by atoms with Gasteiger partial charge < -0.3 is 18.1 Å². The molecule has 0 atom stereocenters. The fourth-order valence-electron chi connectivity index (χ4n) is 16.9. The lowest BCUT2D eigenvalue weighted by Crippen LogP contribution is -2.14. The lowest BCUT2D eigenvalue weighted by atomic mass is 9.82. The molecule has 0 saturated heterocycles. The average molecular weight is 1360 g/mol. The number of aromatic nitrogens is 3. The zero-order valence-electron chi connectivity index (χ0n) is 54.8. The molecule has 474 valence electrons. The van der Waals surface area contributed by atoms with Gasteiger partial charge in [-0.15, -0.1) is 45.3 Å². The zero-order valence-corrected chi connectivity index (χ0v) is 58.1. The third-order valence-electron chi connectivity index (χ3n) is 21.6. The number of thiophene rings is 4. The van der Waals surface area contributed by atoms with Crippen LogP contribution < -0.4 is 0 Å². The fourth-order valence-corrected chi connectivity index (χ4v) is 21.4. The Morgan fingerprint density at radius 2 is 0.554 bits per heavy atom. The molecule has 4 nitrogen and oxygen atoms in total. The lowest BCUT2D eigenvalue weighted by Gasteiger charge is -2.21. The molecular formula is C93H57N3OS4. The topological polar surface area (TPSA) is 27.9 Å². The number of furan rings is 1. The van der Waals surface area contributed by atoms with Crippen molar-refractivity contribution in [2.75, 3.05) is 0 Å². The highest BCUT2D eigenvalue weighted by Gasteiger charge is 2.35. The Morgan fingerprint density at radius 3 is 1.05 bits per heavy atom. The summed E-state index contributed by atoms with van der Waals surface area (Å²) in [5.41, 5.74) is 18.5. The number of hydrogen-bond donors (Lipinski definition) is 0. The van der Waals surface area contributed by atoms with Crippen LogP contribution in [0, 0.1) is 0 Å². The van der Waals surface area contributed by atoms with Crippen LogP contribution in [-0.4, -0.2) is 13.7 Å².